The Kier molecular flexibility index (Phi) is 6.80. The first-order valence-electron chi connectivity index (χ1n) is 6.26. The molecule has 0 unspecified atom stereocenters. The zero-order valence-corrected chi connectivity index (χ0v) is 11.5. The second kappa shape index (κ2) is 8.35. The average Bonchev–Trinajstić information content (AvgIpc) is 2.41. The smallest absolute Gasteiger partial charge is 0.404 e. The minimum Gasteiger partial charge on any atom is -0.404 e. The Balaban J connectivity index is 2.46. The SMILES string of the molecule is COCCCNC(=O)CNc1ccccc1OC(F)(F)F. The fourth-order valence-electron chi connectivity index (χ4n) is 1.51. The Bertz CT molecular complexity index is 453. The Morgan fingerprint density at radius 1 is 1.29 bits per heavy atom. The molecule has 1 aromatic rings. The maximum Gasteiger partial charge on any atom is 0.573 e. The van der Waals surface area contributed by atoms with Crippen molar-refractivity contribution < 1.29 is 27.4 Å². The molecule has 0 fully saturated rings. The summed E-state index contributed by atoms with van der Waals surface area (Å²) in [4.78, 5) is 11.5. The van der Waals surface area contributed by atoms with Crippen LogP contribution in [0.25, 0.3) is 0 Å². The molecule has 0 saturated heterocycles. The van der Waals surface area contributed by atoms with E-state index in [1.54, 1.807) is 13.2 Å². The van der Waals surface area contributed by atoms with Gasteiger partial charge < -0.3 is 20.1 Å². The summed E-state index contributed by atoms with van der Waals surface area (Å²) in [5.74, 6) is -0.704. The van der Waals surface area contributed by atoms with Gasteiger partial charge in [-0.3, -0.25) is 4.79 Å². The molecule has 0 radical (unpaired) electrons. The topological polar surface area (TPSA) is 59.6 Å². The highest BCUT2D eigenvalue weighted by molar-refractivity contribution is 5.81. The molecular formula is C13H17F3N2O3. The van der Waals surface area contributed by atoms with E-state index < -0.39 is 6.36 Å². The largest absolute Gasteiger partial charge is 0.573 e. The predicted molar refractivity (Wildman–Crippen MR) is 71.1 cm³/mol. The zero-order chi connectivity index (χ0) is 15.7. The molecule has 0 aliphatic rings. The van der Waals surface area contributed by atoms with Gasteiger partial charge in [0.1, 0.15) is 0 Å². The van der Waals surface area contributed by atoms with Gasteiger partial charge in [0, 0.05) is 20.3 Å². The Morgan fingerprint density at radius 2 is 2.00 bits per heavy atom. The fourth-order valence-corrected chi connectivity index (χ4v) is 1.51. The van der Waals surface area contributed by atoms with Crippen LogP contribution in [0.5, 0.6) is 5.75 Å². The highest BCUT2D eigenvalue weighted by Crippen LogP contribution is 2.29. The number of carbonyl (C=O) groups excluding carboxylic acids is 1. The molecule has 0 aliphatic heterocycles. The highest BCUT2D eigenvalue weighted by atomic mass is 19.4. The van der Waals surface area contributed by atoms with Gasteiger partial charge in [-0.05, 0) is 18.6 Å². The number of para-hydroxylation sites is 2. The van der Waals surface area contributed by atoms with Crippen molar-refractivity contribution in [2.75, 3.05) is 32.1 Å². The van der Waals surface area contributed by atoms with Crippen LogP contribution >= 0.6 is 0 Å². The summed E-state index contributed by atoms with van der Waals surface area (Å²) in [7, 11) is 1.56. The number of alkyl halides is 3. The monoisotopic (exact) mass is 306 g/mol. The van der Waals surface area contributed by atoms with Crippen LogP contribution in [0.15, 0.2) is 24.3 Å². The molecule has 0 spiro atoms. The molecule has 0 heterocycles. The van der Waals surface area contributed by atoms with Crippen LogP contribution in [-0.4, -0.2) is 39.1 Å². The number of anilines is 1. The van der Waals surface area contributed by atoms with Gasteiger partial charge in [-0.15, -0.1) is 13.2 Å². The molecule has 0 atom stereocenters. The number of amides is 1. The summed E-state index contributed by atoms with van der Waals surface area (Å²) in [5, 5.41) is 5.22. The number of carbonyl (C=O) groups is 1. The average molecular weight is 306 g/mol. The van der Waals surface area contributed by atoms with Crippen LogP contribution in [0.3, 0.4) is 0 Å². The van der Waals surface area contributed by atoms with Gasteiger partial charge in [-0.1, -0.05) is 12.1 Å². The van der Waals surface area contributed by atoms with Crippen molar-refractivity contribution in [1.29, 1.82) is 0 Å². The molecule has 0 bridgehead atoms. The number of ether oxygens (including phenoxy) is 2. The third-order valence-electron chi connectivity index (χ3n) is 2.40. The van der Waals surface area contributed by atoms with E-state index in [4.69, 9.17) is 4.74 Å². The lowest BCUT2D eigenvalue weighted by molar-refractivity contribution is -0.274. The molecule has 0 aromatic heterocycles. The van der Waals surface area contributed by atoms with Gasteiger partial charge in [0.15, 0.2) is 5.75 Å². The molecule has 0 aliphatic carbocycles. The summed E-state index contributed by atoms with van der Waals surface area (Å²) in [6.07, 6.45) is -4.11. The minimum absolute atomic E-state index is 0.0990. The Hall–Kier alpha value is -1.96. The lowest BCUT2D eigenvalue weighted by atomic mass is 10.3. The summed E-state index contributed by atoms with van der Waals surface area (Å²) in [6, 6.07) is 5.53. The van der Waals surface area contributed by atoms with E-state index in [0.29, 0.717) is 19.6 Å². The van der Waals surface area contributed by atoms with E-state index in [1.807, 2.05) is 0 Å². The van der Waals surface area contributed by atoms with Gasteiger partial charge >= 0.3 is 6.36 Å². The van der Waals surface area contributed by atoms with E-state index in [0.717, 1.165) is 0 Å². The van der Waals surface area contributed by atoms with Gasteiger partial charge in [0.2, 0.25) is 5.91 Å². The Morgan fingerprint density at radius 3 is 2.67 bits per heavy atom. The molecule has 8 heteroatoms. The first kappa shape index (κ1) is 17.1. The molecule has 1 aromatic carbocycles. The highest BCUT2D eigenvalue weighted by Gasteiger charge is 2.32. The van der Waals surface area contributed by atoms with Crippen molar-refractivity contribution in [3.05, 3.63) is 24.3 Å². The standard InChI is InChI=1S/C13H17F3N2O3/c1-20-8-4-7-17-12(19)9-18-10-5-2-3-6-11(10)21-13(14,15)16/h2-3,5-6,18H,4,7-9H2,1H3,(H,17,19). The number of methoxy groups -OCH3 is 1. The maximum absolute atomic E-state index is 12.2. The number of hydrogen-bond donors (Lipinski definition) is 2. The van der Waals surface area contributed by atoms with Gasteiger partial charge in [-0.25, -0.2) is 0 Å². The van der Waals surface area contributed by atoms with Crippen LogP contribution < -0.4 is 15.4 Å². The number of benzene rings is 1. The van der Waals surface area contributed by atoms with Crippen LogP contribution in [-0.2, 0) is 9.53 Å². The molecule has 5 nitrogen and oxygen atoms in total. The van der Waals surface area contributed by atoms with E-state index in [1.165, 1.54) is 18.2 Å². The van der Waals surface area contributed by atoms with Crippen molar-refractivity contribution in [3.8, 4) is 5.75 Å². The first-order valence-corrected chi connectivity index (χ1v) is 6.26. The minimum atomic E-state index is -4.78. The maximum atomic E-state index is 12.2. The van der Waals surface area contributed by atoms with E-state index in [9.17, 15) is 18.0 Å². The lowest BCUT2D eigenvalue weighted by Gasteiger charge is -2.14. The molecule has 0 saturated carbocycles. The lowest BCUT2D eigenvalue weighted by Crippen LogP contribution is -2.31. The first-order chi connectivity index (χ1) is 9.92. The van der Waals surface area contributed by atoms with Crippen LogP contribution in [0.4, 0.5) is 18.9 Å². The van der Waals surface area contributed by atoms with Crippen molar-refractivity contribution in [2.45, 2.75) is 12.8 Å². The second-order valence-electron chi connectivity index (χ2n) is 4.09. The number of nitrogens with one attached hydrogen (secondary N) is 2. The van der Waals surface area contributed by atoms with E-state index >= 15 is 0 Å². The summed E-state index contributed by atoms with van der Waals surface area (Å²) >= 11 is 0. The Labute approximate surface area is 120 Å². The summed E-state index contributed by atoms with van der Waals surface area (Å²) in [5.41, 5.74) is 0.0990. The fraction of sp³-hybridized carbons (Fsp3) is 0.462. The van der Waals surface area contributed by atoms with Crippen molar-refractivity contribution in [1.82, 2.24) is 5.32 Å². The molecule has 118 valence electrons. The molecule has 1 rings (SSSR count). The van der Waals surface area contributed by atoms with Crippen molar-refractivity contribution >= 4 is 11.6 Å². The molecular weight excluding hydrogens is 289 g/mol. The van der Waals surface area contributed by atoms with Gasteiger partial charge in [-0.2, -0.15) is 0 Å². The summed E-state index contributed by atoms with van der Waals surface area (Å²) in [6.45, 7) is 0.816. The van der Waals surface area contributed by atoms with E-state index in [-0.39, 0.29) is 23.9 Å². The normalized spacial score (nSPS) is 11.0. The zero-order valence-electron chi connectivity index (χ0n) is 11.5. The quantitative estimate of drug-likeness (QED) is 0.723. The van der Waals surface area contributed by atoms with Gasteiger partial charge in [0.25, 0.3) is 0 Å². The van der Waals surface area contributed by atoms with Crippen molar-refractivity contribution in [3.63, 3.8) is 0 Å². The number of rotatable bonds is 8. The van der Waals surface area contributed by atoms with Gasteiger partial charge in [0.05, 0.1) is 12.2 Å². The number of hydrogen-bond acceptors (Lipinski definition) is 4. The van der Waals surface area contributed by atoms with E-state index in [2.05, 4.69) is 15.4 Å². The van der Waals surface area contributed by atoms with Crippen LogP contribution in [0, 0.1) is 0 Å². The summed E-state index contributed by atoms with van der Waals surface area (Å²) < 4.78 is 45.3. The third kappa shape index (κ3) is 7.40. The second-order valence-corrected chi connectivity index (χ2v) is 4.09. The molecule has 1 amide bonds. The van der Waals surface area contributed by atoms with Crippen LogP contribution in [0.1, 0.15) is 6.42 Å². The third-order valence-corrected chi connectivity index (χ3v) is 2.40. The molecule has 21 heavy (non-hydrogen) atoms. The van der Waals surface area contributed by atoms with Crippen LogP contribution in [0.2, 0.25) is 0 Å². The molecule has 2 N–H and O–H groups in total. The predicted octanol–water partition coefficient (Wildman–Crippen LogP) is 2.15. The number of halogens is 3. The van der Waals surface area contributed by atoms with Crippen molar-refractivity contribution in [2.24, 2.45) is 0 Å².